The van der Waals surface area contributed by atoms with Crippen LogP contribution in [0.5, 0.6) is 5.75 Å². The number of hydrogen-bond acceptors (Lipinski definition) is 4. The summed E-state index contributed by atoms with van der Waals surface area (Å²) in [5.74, 6) is 0.448. The van der Waals surface area contributed by atoms with Gasteiger partial charge in [0.2, 0.25) is 0 Å². The number of ether oxygens (including phenoxy) is 1. The third-order valence-electron chi connectivity index (χ3n) is 7.64. The van der Waals surface area contributed by atoms with Crippen molar-refractivity contribution in [1.82, 2.24) is 0 Å². The molecule has 2 amide bonds. The van der Waals surface area contributed by atoms with Gasteiger partial charge < -0.3 is 19.9 Å². The fourth-order valence-corrected chi connectivity index (χ4v) is 5.68. The number of para-hydroxylation sites is 2. The maximum Gasteiger partial charge on any atom is 0.258 e. The highest BCUT2D eigenvalue weighted by Crippen LogP contribution is 2.33. The summed E-state index contributed by atoms with van der Waals surface area (Å²) >= 11 is 6.09. The second-order valence-electron chi connectivity index (χ2n) is 10.5. The number of benzene rings is 5. The SMILES string of the molecule is O=C(Nc1ccc(C(=O)N2CCCN(CCOc3cccc(Cl)c3)c3ccccc32)cc1)c1ccccc1-c1ccccc1. The van der Waals surface area contributed by atoms with Crippen molar-refractivity contribution in [3.05, 3.63) is 144 Å². The summed E-state index contributed by atoms with van der Waals surface area (Å²) in [4.78, 5) is 31.1. The average molecular weight is 602 g/mol. The first-order chi connectivity index (χ1) is 21.6. The highest BCUT2D eigenvalue weighted by Gasteiger charge is 2.25. The van der Waals surface area contributed by atoms with Gasteiger partial charge in [-0.2, -0.15) is 0 Å². The molecule has 5 aromatic carbocycles. The molecule has 0 spiro atoms. The predicted molar refractivity (Wildman–Crippen MR) is 178 cm³/mol. The molecular weight excluding hydrogens is 570 g/mol. The standard InChI is InChI=1S/C37H32ClN3O3/c38-29-12-8-13-31(26-29)44-25-24-40-22-9-23-41(35-17-7-6-16-34(35)40)37(43)28-18-20-30(21-19-28)39-36(42)33-15-5-4-14-32(33)27-10-2-1-3-11-27/h1-8,10-21,26H,9,22-25H2,(H,39,42). The van der Waals surface area contributed by atoms with Crippen molar-refractivity contribution in [2.45, 2.75) is 6.42 Å². The third-order valence-corrected chi connectivity index (χ3v) is 7.88. The van der Waals surface area contributed by atoms with Crippen LogP contribution in [0, 0.1) is 0 Å². The summed E-state index contributed by atoms with van der Waals surface area (Å²) in [5, 5.41) is 3.63. The highest BCUT2D eigenvalue weighted by molar-refractivity contribution is 6.30. The summed E-state index contributed by atoms with van der Waals surface area (Å²) < 4.78 is 5.95. The van der Waals surface area contributed by atoms with Gasteiger partial charge >= 0.3 is 0 Å². The van der Waals surface area contributed by atoms with Crippen molar-refractivity contribution >= 4 is 40.5 Å². The van der Waals surface area contributed by atoms with Gasteiger partial charge in [-0.3, -0.25) is 9.59 Å². The van der Waals surface area contributed by atoms with Gasteiger partial charge in [-0.1, -0.05) is 78.3 Å². The third kappa shape index (κ3) is 6.61. The molecule has 1 N–H and O–H groups in total. The van der Waals surface area contributed by atoms with Crippen LogP contribution in [0.3, 0.4) is 0 Å². The van der Waals surface area contributed by atoms with E-state index in [4.69, 9.17) is 16.3 Å². The van der Waals surface area contributed by atoms with Crippen molar-refractivity contribution in [1.29, 1.82) is 0 Å². The number of amides is 2. The molecule has 7 heteroatoms. The first-order valence-electron chi connectivity index (χ1n) is 14.7. The Morgan fingerprint density at radius 2 is 1.48 bits per heavy atom. The lowest BCUT2D eigenvalue weighted by atomic mass is 9.99. The quantitative estimate of drug-likeness (QED) is 0.195. The van der Waals surface area contributed by atoms with Gasteiger partial charge in [-0.05, 0) is 78.2 Å². The number of fused-ring (bicyclic) bond motifs is 1. The number of hydrogen-bond donors (Lipinski definition) is 1. The smallest absolute Gasteiger partial charge is 0.258 e. The van der Waals surface area contributed by atoms with Crippen molar-refractivity contribution in [2.24, 2.45) is 0 Å². The molecule has 1 aliphatic heterocycles. The zero-order chi connectivity index (χ0) is 30.3. The van der Waals surface area contributed by atoms with Crippen molar-refractivity contribution in [3.8, 4) is 16.9 Å². The van der Waals surface area contributed by atoms with E-state index < -0.39 is 0 Å². The molecule has 0 fully saturated rings. The van der Waals surface area contributed by atoms with Crippen LogP contribution in [0.1, 0.15) is 27.1 Å². The Morgan fingerprint density at radius 3 is 2.27 bits per heavy atom. The van der Waals surface area contributed by atoms with Gasteiger partial charge in [-0.15, -0.1) is 0 Å². The van der Waals surface area contributed by atoms with Crippen LogP contribution in [0.25, 0.3) is 11.1 Å². The van der Waals surface area contributed by atoms with E-state index in [2.05, 4.69) is 10.2 Å². The Labute approximate surface area is 262 Å². The van der Waals surface area contributed by atoms with Gasteiger partial charge in [0, 0.05) is 34.9 Å². The molecule has 1 aliphatic rings. The molecule has 0 unspecified atom stereocenters. The minimum absolute atomic E-state index is 0.0817. The van der Waals surface area contributed by atoms with E-state index in [1.165, 1.54) is 0 Å². The molecule has 6 nitrogen and oxygen atoms in total. The molecule has 5 aromatic rings. The van der Waals surface area contributed by atoms with Crippen LogP contribution in [-0.2, 0) is 0 Å². The largest absolute Gasteiger partial charge is 0.492 e. The van der Waals surface area contributed by atoms with Crippen molar-refractivity contribution < 1.29 is 14.3 Å². The van der Waals surface area contributed by atoms with Crippen LogP contribution < -0.4 is 19.9 Å². The van der Waals surface area contributed by atoms with Crippen LogP contribution >= 0.6 is 11.6 Å². The van der Waals surface area contributed by atoms with Crippen LogP contribution in [0.2, 0.25) is 5.02 Å². The highest BCUT2D eigenvalue weighted by atomic mass is 35.5. The van der Waals surface area contributed by atoms with Crippen LogP contribution in [0.4, 0.5) is 17.1 Å². The Hall–Kier alpha value is -5.07. The number of carbonyl (C=O) groups excluding carboxylic acids is 2. The van der Waals surface area contributed by atoms with Crippen LogP contribution in [0.15, 0.2) is 127 Å². The van der Waals surface area contributed by atoms with E-state index >= 15 is 0 Å². The minimum Gasteiger partial charge on any atom is -0.492 e. The number of carbonyl (C=O) groups is 2. The van der Waals surface area contributed by atoms with E-state index in [1.807, 2.05) is 102 Å². The molecule has 220 valence electrons. The zero-order valence-electron chi connectivity index (χ0n) is 24.2. The molecule has 0 bridgehead atoms. The van der Waals surface area contributed by atoms with Gasteiger partial charge in [0.25, 0.3) is 11.8 Å². The Bertz CT molecular complexity index is 1760. The predicted octanol–water partition coefficient (Wildman–Crippen LogP) is 8.20. The van der Waals surface area contributed by atoms with Gasteiger partial charge in [0.05, 0.1) is 17.9 Å². The first kappa shape index (κ1) is 29.0. The number of rotatable bonds is 8. The number of nitrogens with one attached hydrogen (secondary N) is 1. The summed E-state index contributed by atoms with van der Waals surface area (Å²) in [6.07, 6.45) is 0.812. The summed E-state index contributed by atoms with van der Waals surface area (Å²) in [7, 11) is 0. The van der Waals surface area contributed by atoms with Crippen molar-refractivity contribution in [2.75, 3.05) is 41.4 Å². The van der Waals surface area contributed by atoms with E-state index in [1.54, 1.807) is 30.3 Å². The Balaban J connectivity index is 1.14. The lowest BCUT2D eigenvalue weighted by Crippen LogP contribution is -2.31. The second kappa shape index (κ2) is 13.5. The minimum atomic E-state index is -0.204. The Kier molecular flexibility index (Phi) is 8.90. The fourth-order valence-electron chi connectivity index (χ4n) is 5.50. The topological polar surface area (TPSA) is 61.9 Å². The summed E-state index contributed by atoms with van der Waals surface area (Å²) in [6, 6.07) is 39.8. The van der Waals surface area contributed by atoms with Gasteiger partial charge in [0.15, 0.2) is 0 Å². The normalized spacial score (nSPS) is 12.7. The van der Waals surface area contributed by atoms with E-state index in [0.717, 1.165) is 41.2 Å². The molecule has 44 heavy (non-hydrogen) atoms. The number of anilines is 3. The molecule has 0 saturated carbocycles. The molecule has 0 radical (unpaired) electrons. The van der Waals surface area contributed by atoms with E-state index in [0.29, 0.717) is 41.5 Å². The molecular formula is C37H32ClN3O3. The maximum absolute atomic E-state index is 13.8. The van der Waals surface area contributed by atoms with Gasteiger partial charge in [-0.25, -0.2) is 0 Å². The van der Waals surface area contributed by atoms with Crippen LogP contribution in [-0.4, -0.2) is 38.1 Å². The molecule has 0 aromatic heterocycles. The number of halogens is 1. The van der Waals surface area contributed by atoms with E-state index in [9.17, 15) is 9.59 Å². The molecule has 6 rings (SSSR count). The summed E-state index contributed by atoms with van der Waals surface area (Å²) in [5.41, 5.74) is 5.47. The molecule has 0 saturated heterocycles. The molecule has 1 heterocycles. The lowest BCUT2D eigenvalue weighted by molar-refractivity contribution is 0.0986. The first-order valence-corrected chi connectivity index (χ1v) is 15.0. The Morgan fingerprint density at radius 1 is 0.750 bits per heavy atom. The molecule has 0 atom stereocenters. The zero-order valence-corrected chi connectivity index (χ0v) is 24.9. The average Bonchev–Trinajstić information content (AvgIpc) is 3.25. The lowest BCUT2D eigenvalue weighted by Gasteiger charge is -2.27. The summed E-state index contributed by atoms with van der Waals surface area (Å²) in [6.45, 7) is 2.56. The van der Waals surface area contributed by atoms with E-state index in [-0.39, 0.29) is 11.8 Å². The second-order valence-corrected chi connectivity index (χ2v) is 11.0. The van der Waals surface area contributed by atoms with Crippen molar-refractivity contribution in [3.63, 3.8) is 0 Å². The monoisotopic (exact) mass is 601 g/mol. The maximum atomic E-state index is 13.8. The number of nitrogens with zero attached hydrogens (tertiary/aromatic N) is 2. The van der Waals surface area contributed by atoms with Gasteiger partial charge in [0.1, 0.15) is 12.4 Å². The fraction of sp³-hybridized carbons (Fsp3) is 0.135. The molecule has 0 aliphatic carbocycles.